The maximum atomic E-state index is 6.22. The Morgan fingerprint density at radius 2 is 2.11 bits per heavy atom. The lowest BCUT2D eigenvalue weighted by Crippen LogP contribution is -2.19. The van der Waals surface area contributed by atoms with Gasteiger partial charge in [0.1, 0.15) is 11.6 Å². The van der Waals surface area contributed by atoms with Gasteiger partial charge in [-0.05, 0) is 0 Å². The second kappa shape index (κ2) is 5.57. The van der Waals surface area contributed by atoms with E-state index in [0.717, 1.165) is 17.3 Å². The first-order chi connectivity index (χ1) is 8.32. The number of methoxy groups -OCH3 is 1. The Balaban J connectivity index is 3.27. The number of aromatic nitrogens is 2. The van der Waals surface area contributed by atoms with Crippen molar-refractivity contribution in [1.82, 2.24) is 9.55 Å². The summed E-state index contributed by atoms with van der Waals surface area (Å²) in [6.45, 7) is 13.6. The Hall–Kier alpha value is -1.29. The molecule has 0 saturated heterocycles. The minimum Gasteiger partial charge on any atom is -0.384 e. The Morgan fingerprint density at radius 3 is 2.56 bits per heavy atom. The summed E-state index contributed by atoms with van der Waals surface area (Å²) in [6.07, 6.45) is 1.85. The van der Waals surface area contributed by atoms with Gasteiger partial charge < -0.3 is 15.0 Å². The quantitative estimate of drug-likeness (QED) is 0.819. The molecule has 4 nitrogen and oxygen atoms in total. The van der Waals surface area contributed by atoms with Crippen LogP contribution in [-0.4, -0.2) is 23.3 Å². The third-order valence-electron chi connectivity index (χ3n) is 2.90. The predicted octanol–water partition coefficient (Wildman–Crippen LogP) is 2.70. The van der Waals surface area contributed by atoms with Crippen molar-refractivity contribution in [2.45, 2.75) is 45.6 Å². The molecule has 0 bridgehead atoms. The zero-order valence-electron chi connectivity index (χ0n) is 12.2. The van der Waals surface area contributed by atoms with Gasteiger partial charge in [0.2, 0.25) is 0 Å². The maximum absolute atomic E-state index is 6.22. The van der Waals surface area contributed by atoms with E-state index in [4.69, 9.17) is 15.5 Å². The van der Waals surface area contributed by atoms with Crippen molar-refractivity contribution in [1.29, 1.82) is 0 Å². The molecule has 0 amide bonds. The topological polar surface area (TPSA) is 53.1 Å². The summed E-state index contributed by atoms with van der Waals surface area (Å²) < 4.78 is 7.22. The molecule has 1 heterocycles. The molecule has 1 unspecified atom stereocenters. The van der Waals surface area contributed by atoms with E-state index in [1.54, 1.807) is 7.11 Å². The molecule has 0 radical (unpaired) electrons. The van der Waals surface area contributed by atoms with Gasteiger partial charge in [-0.1, -0.05) is 33.8 Å². The molecule has 1 atom stereocenters. The number of ether oxygens (including phenoxy) is 1. The number of nitrogens with zero attached hydrogens (tertiary/aromatic N) is 2. The number of allylic oxidation sites excluding steroid dienone is 1. The molecule has 1 aromatic heterocycles. The van der Waals surface area contributed by atoms with Crippen LogP contribution in [0.5, 0.6) is 0 Å². The van der Waals surface area contributed by atoms with Gasteiger partial charge in [0.15, 0.2) is 0 Å². The molecule has 2 N–H and O–H groups in total. The summed E-state index contributed by atoms with van der Waals surface area (Å²) in [5, 5.41) is 0. The van der Waals surface area contributed by atoms with Crippen LogP contribution in [0.4, 0.5) is 5.82 Å². The zero-order chi connectivity index (χ0) is 13.9. The minimum atomic E-state index is -0.0395. The number of hydrogen-bond donors (Lipinski definition) is 1. The van der Waals surface area contributed by atoms with Gasteiger partial charge in [0, 0.05) is 25.0 Å². The van der Waals surface area contributed by atoms with E-state index in [1.807, 2.05) is 10.6 Å². The summed E-state index contributed by atoms with van der Waals surface area (Å²) >= 11 is 0. The molecule has 0 fully saturated rings. The number of imidazole rings is 1. The molecule has 0 aliphatic carbocycles. The smallest absolute Gasteiger partial charge is 0.127 e. The van der Waals surface area contributed by atoms with Crippen LogP contribution in [0.2, 0.25) is 0 Å². The third-order valence-corrected chi connectivity index (χ3v) is 2.90. The zero-order valence-corrected chi connectivity index (χ0v) is 12.2. The molecule has 0 aromatic carbocycles. The Labute approximate surface area is 110 Å². The lowest BCUT2D eigenvalue weighted by molar-refractivity contribution is 0.183. The van der Waals surface area contributed by atoms with Crippen LogP contribution in [0.1, 0.15) is 45.1 Å². The molecule has 0 aliphatic heterocycles. The van der Waals surface area contributed by atoms with Gasteiger partial charge in [-0.3, -0.25) is 0 Å². The Morgan fingerprint density at radius 1 is 1.50 bits per heavy atom. The average molecular weight is 251 g/mol. The summed E-state index contributed by atoms with van der Waals surface area (Å²) in [5.41, 5.74) is 7.10. The standard InChI is InChI=1S/C14H25N3O/c1-7-8-17-12(15)11(10(2)9-18-6)16-13(17)14(3,4)5/h7,10H,1,8-9,15H2,2-6H3. The van der Waals surface area contributed by atoms with Gasteiger partial charge >= 0.3 is 0 Å². The third kappa shape index (κ3) is 2.93. The highest BCUT2D eigenvalue weighted by molar-refractivity contribution is 5.42. The summed E-state index contributed by atoms with van der Waals surface area (Å²) in [6, 6.07) is 0. The van der Waals surface area contributed by atoms with Gasteiger partial charge in [-0.2, -0.15) is 0 Å². The van der Waals surface area contributed by atoms with Crippen LogP contribution in [0.25, 0.3) is 0 Å². The summed E-state index contributed by atoms with van der Waals surface area (Å²) in [7, 11) is 1.69. The molecule has 0 aliphatic rings. The van der Waals surface area contributed by atoms with Crippen LogP contribution in [0.3, 0.4) is 0 Å². The van der Waals surface area contributed by atoms with Crippen LogP contribution in [-0.2, 0) is 16.7 Å². The lowest BCUT2D eigenvalue weighted by atomic mass is 9.95. The van der Waals surface area contributed by atoms with E-state index in [0.29, 0.717) is 13.2 Å². The fourth-order valence-electron chi connectivity index (χ4n) is 2.06. The number of hydrogen-bond acceptors (Lipinski definition) is 3. The van der Waals surface area contributed by atoms with Gasteiger partial charge in [0.25, 0.3) is 0 Å². The van der Waals surface area contributed by atoms with Gasteiger partial charge in [-0.25, -0.2) is 4.98 Å². The second-order valence-corrected chi connectivity index (χ2v) is 5.71. The van der Waals surface area contributed by atoms with E-state index in [1.165, 1.54) is 0 Å². The molecule has 18 heavy (non-hydrogen) atoms. The SMILES string of the molecule is C=CCn1c(C(C)(C)C)nc(C(C)COC)c1N. The van der Waals surface area contributed by atoms with Crippen molar-refractivity contribution in [3.8, 4) is 0 Å². The fourth-order valence-corrected chi connectivity index (χ4v) is 2.06. The van der Waals surface area contributed by atoms with Crippen molar-refractivity contribution in [3.63, 3.8) is 0 Å². The van der Waals surface area contributed by atoms with E-state index in [-0.39, 0.29) is 11.3 Å². The first kappa shape index (κ1) is 14.8. The molecular formula is C14H25N3O. The first-order valence-electron chi connectivity index (χ1n) is 6.29. The van der Waals surface area contributed by atoms with Crippen molar-refractivity contribution in [2.24, 2.45) is 0 Å². The molecular weight excluding hydrogens is 226 g/mol. The summed E-state index contributed by atoms with van der Waals surface area (Å²) in [4.78, 5) is 4.73. The van der Waals surface area contributed by atoms with Crippen LogP contribution < -0.4 is 5.73 Å². The van der Waals surface area contributed by atoms with E-state index in [9.17, 15) is 0 Å². The average Bonchev–Trinajstić information content (AvgIpc) is 2.57. The molecule has 1 aromatic rings. The molecule has 102 valence electrons. The lowest BCUT2D eigenvalue weighted by Gasteiger charge is -2.19. The largest absolute Gasteiger partial charge is 0.384 e. The second-order valence-electron chi connectivity index (χ2n) is 5.71. The van der Waals surface area contributed by atoms with Crippen molar-refractivity contribution >= 4 is 5.82 Å². The summed E-state index contributed by atoms with van der Waals surface area (Å²) in [5.74, 6) is 1.92. The van der Waals surface area contributed by atoms with E-state index in [2.05, 4.69) is 34.3 Å². The molecule has 0 spiro atoms. The molecule has 0 saturated carbocycles. The Kier molecular flexibility index (Phi) is 4.57. The number of nitrogens with two attached hydrogens (primary N) is 1. The number of nitrogen functional groups attached to an aromatic ring is 1. The van der Waals surface area contributed by atoms with E-state index >= 15 is 0 Å². The molecule has 1 rings (SSSR count). The highest BCUT2D eigenvalue weighted by Crippen LogP contribution is 2.29. The highest BCUT2D eigenvalue weighted by atomic mass is 16.5. The van der Waals surface area contributed by atoms with Gasteiger partial charge in [-0.15, -0.1) is 6.58 Å². The van der Waals surface area contributed by atoms with Gasteiger partial charge in [0.05, 0.1) is 12.3 Å². The predicted molar refractivity (Wildman–Crippen MR) is 75.8 cm³/mol. The van der Waals surface area contributed by atoms with Crippen molar-refractivity contribution in [2.75, 3.05) is 19.5 Å². The van der Waals surface area contributed by atoms with Crippen molar-refractivity contribution < 1.29 is 4.74 Å². The van der Waals surface area contributed by atoms with Crippen LogP contribution >= 0.6 is 0 Å². The van der Waals surface area contributed by atoms with Crippen LogP contribution in [0.15, 0.2) is 12.7 Å². The molecule has 4 heteroatoms. The maximum Gasteiger partial charge on any atom is 0.127 e. The van der Waals surface area contributed by atoms with Crippen molar-refractivity contribution in [3.05, 3.63) is 24.2 Å². The first-order valence-corrected chi connectivity index (χ1v) is 6.29. The minimum absolute atomic E-state index is 0.0395. The van der Waals surface area contributed by atoms with Crippen LogP contribution in [0, 0.1) is 0 Å². The Bertz CT molecular complexity index is 415. The number of anilines is 1. The monoisotopic (exact) mass is 251 g/mol. The normalized spacial score (nSPS) is 13.6. The highest BCUT2D eigenvalue weighted by Gasteiger charge is 2.26. The fraction of sp³-hybridized carbons (Fsp3) is 0.643. The van der Waals surface area contributed by atoms with E-state index < -0.39 is 0 Å². The number of rotatable bonds is 5.